The molecule has 0 spiro atoms. The van der Waals surface area contributed by atoms with Crippen LogP contribution >= 0.6 is 0 Å². The Balaban J connectivity index is 0.00000110. The molecule has 0 bridgehead atoms. The standard InChI is InChI=1S/C23H36BNO8.C13H16BNO3.C10H20O5.CH2O3.2Cs.H/c1-9-29-18-17(27-7)14(2)30-20(19(18)28-8)31-21(26)25-16-12-10-15(11-13-16)24-32-22(3,4)23(5,6)33-24;1-12(2)13(3,4)18-14(17-12)10-5-7-11(8-6-10)15-9-16;1-5-14-8-7(12-3)6(2)15-10(11)9(8)13-4;2-1-4-3;;;/h10-14,17-20H,9H2,1-8H3,(H,25,26);5-8H,1-4H3;6-11H,5H2,1-4H3;1,3H;;;/q;;;;2*+1;-1/p-1/t14-,17-,18+,19+,20-;;6-,7-,8+,9+,10?;;;;/m0.0..../s1. The quantitative estimate of drug-likeness (QED) is 0.0491. The molecule has 1 unspecified atom stereocenters. The van der Waals surface area contributed by atoms with Crippen LogP contribution in [0.1, 0.15) is 84.5 Å². The van der Waals surface area contributed by atoms with E-state index < -0.39 is 55.3 Å². The van der Waals surface area contributed by atoms with Crippen LogP contribution in [0.2, 0.25) is 0 Å². The largest absolute Gasteiger partial charge is 1.00 e. The number of ether oxygens (including phenoxy) is 9. The number of nitrogens with one attached hydrogen (secondary N) is 1. The Bertz CT molecular complexity index is 1910. The number of hydrogen-bond donors (Lipinski definition) is 2. The summed E-state index contributed by atoms with van der Waals surface area (Å²) >= 11 is 0. The Morgan fingerprint density at radius 3 is 1.43 bits per heavy atom. The Hall–Kier alpha value is 0.234. The molecule has 4 aliphatic heterocycles. The number of isocyanates is 1. The number of aliphatic hydroxyl groups is 1. The molecule has 21 nitrogen and oxygen atoms in total. The van der Waals surface area contributed by atoms with Crippen LogP contribution in [0.3, 0.4) is 0 Å². The van der Waals surface area contributed by atoms with Crippen LogP contribution in [-0.2, 0) is 75.7 Å². The van der Waals surface area contributed by atoms with Crippen molar-refractivity contribution in [1.82, 2.24) is 0 Å². The number of aliphatic imine (C=N–C) groups is 1. The molecule has 4 fully saturated rings. The molecule has 0 aliphatic carbocycles. The molecular formula is C47H74B2Cs2N2O19. The van der Waals surface area contributed by atoms with Gasteiger partial charge >= 0.3 is 158 Å². The minimum Gasteiger partial charge on any atom is -1.00 e. The predicted octanol–water partition coefficient (Wildman–Crippen LogP) is -2.62. The Morgan fingerprint density at radius 1 is 0.694 bits per heavy atom. The molecule has 72 heavy (non-hydrogen) atoms. The third-order valence-electron chi connectivity index (χ3n) is 12.8. The molecule has 10 atom stereocenters. The summed E-state index contributed by atoms with van der Waals surface area (Å²) in [7, 11) is 5.37. The number of hydrogen-bond acceptors (Lipinski definition) is 20. The third-order valence-corrected chi connectivity index (χ3v) is 12.8. The van der Waals surface area contributed by atoms with Crippen LogP contribution in [0.5, 0.6) is 0 Å². The smallest absolute Gasteiger partial charge is 1.00 e. The van der Waals surface area contributed by atoms with E-state index in [2.05, 4.69) is 15.2 Å². The van der Waals surface area contributed by atoms with E-state index in [1.165, 1.54) is 20.3 Å². The number of benzene rings is 2. The van der Waals surface area contributed by atoms with Crippen molar-refractivity contribution in [2.24, 2.45) is 4.99 Å². The van der Waals surface area contributed by atoms with Crippen molar-refractivity contribution in [3.8, 4) is 0 Å². The maximum absolute atomic E-state index is 12.6. The van der Waals surface area contributed by atoms with Gasteiger partial charge in [-0.15, -0.1) is 0 Å². The summed E-state index contributed by atoms with van der Waals surface area (Å²) in [6.07, 6.45) is -4.09. The van der Waals surface area contributed by atoms with Crippen LogP contribution in [0.15, 0.2) is 53.5 Å². The van der Waals surface area contributed by atoms with E-state index >= 15 is 0 Å². The number of amides is 1. The maximum Gasteiger partial charge on any atom is 1.00 e. The van der Waals surface area contributed by atoms with E-state index in [0.29, 0.717) is 24.6 Å². The number of carbonyl (C=O) groups is 2. The minimum absolute atomic E-state index is 0. The maximum atomic E-state index is 12.6. The number of anilines is 1. The first-order chi connectivity index (χ1) is 32.9. The van der Waals surface area contributed by atoms with Crippen LogP contribution < -0.4 is 159 Å². The molecule has 4 heterocycles. The van der Waals surface area contributed by atoms with Crippen molar-refractivity contribution in [1.29, 1.82) is 0 Å². The van der Waals surface area contributed by atoms with Gasteiger partial charge in [-0.2, -0.15) is 4.99 Å². The molecule has 2 N–H and O–H groups in total. The molecule has 4 aliphatic rings. The van der Waals surface area contributed by atoms with Gasteiger partial charge in [0.15, 0.2) is 6.29 Å². The van der Waals surface area contributed by atoms with Gasteiger partial charge in [0.05, 0.1) is 40.3 Å². The van der Waals surface area contributed by atoms with E-state index in [0.717, 1.165) is 10.9 Å². The molecule has 6 rings (SSSR count). The second-order valence-electron chi connectivity index (χ2n) is 18.4. The van der Waals surface area contributed by atoms with Gasteiger partial charge in [0.1, 0.15) is 36.6 Å². The number of methoxy groups -OCH3 is 4. The molecule has 0 saturated carbocycles. The number of aliphatic hydroxyl groups excluding tert-OH is 1. The summed E-state index contributed by atoms with van der Waals surface area (Å²) < 4.78 is 73.6. The average molecular weight is 1260 g/mol. The molecule has 2 aromatic rings. The second-order valence-corrected chi connectivity index (χ2v) is 18.4. The zero-order valence-electron chi connectivity index (χ0n) is 46.3. The molecule has 2 aromatic carbocycles. The number of nitrogens with zero attached hydrogens (tertiary/aromatic N) is 1. The van der Waals surface area contributed by atoms with Crippen molar-refractivity contribution in [3.05, 3.63) is 48.5 Å². The fraction of sp³-hybridized carbons (Fsp3) is 0.681. The van der Waals surface area contributed by atoms with Crippen LogP contribution in [0.4, 0.5) is 16.2 Å². The summed E-state index contributed by atoms with van der Waals surface area (Å²) in [5, 5.41) is 20.8. The molecule has 394 valence electrons. The van der Waals surface area contributed by atoms with Gasteiger partial charge in [0.25, 0.3) is 6.47 Å². The Labute approximate surface area is 544 Å². The van der Waals surface area contributed by atoms with Crippen LogP contribution in [0.25, 0.3) is 0 Å². The SMILES string of the molecule is CC1(C)OB(c2ccc(N=C=O)cc2)OC1(C)C.CCO[C@@H]1[C@@H](OC)[C@H](C)OC(O)[C@@H]1OC.CCO[C@@H]1[C@@H](OC)[C@H](C)O[C@@H](OC(=O)Nc2ccc(B3OC(C)(C)C(C)(C)O3)cc2)[C@@H]1OC.O=CO[O-].[Cs+].[Cs+].[H-]. The monoisotopic (exact) mass is 1260 g/mol. The van der Waals surface area contributed by atoms with Crippen molar-refractivity contribution in [2.45, 2.75) is 167 Å². The fourth-order valence-corrected chi connectivity index (χ4v) is 7.67. The minimum atomic E-state index is -0.965. The number of rotatable bonds is 14. The first-order valence-corrected chi connectivity index (χ1v) is 23.0. The number of carbonyl (C=O) groups excluding carboxylic acids is 3. The Morgan fingerprint density at radius 2 is 1.07 bits per heavy atom. The van der Waals surface area contributed by atoms with Gasteiger partial charge in [-0.05, 0) is 118 Å². The Kier molecular flexibility index (Phi) is 32.2. The first kappa shape index (κ1) is 70.2. The van der Waals surface area contributed by atoms with Gasteiger partial charge in [0.2, 0.25) is 12.4 Å². The molecule has 0 radical (unpaired) electrons. The molecular weight excluding hydrogens is 1180 g/mol. The summed E-state index contributed by atoms with van der Waals surface area (Å²) in [5.74, 6) is 0. The van der Waals surface area contributed by atoms with Crippen molar-refractivity contribution in [2.75, 3.05) is 47.0 Å². The van der Waals surface area contributed by atoms with Gasteiger partial charge in [0, 0.05) is 47.3 Å². The van der Waals surface area contributed by atoms with E-state index in [9.17, 15) is 14.7 Å². The molecule has 25 heteroatoms. The van der Waals surface area contributed by atoms with Crippen molar-refractivity contribution < 1.29 is 230 Å². The van der Waals surface area contributed by atoms with Gasteiger partial charge in [-0.3, -0.25) is 10.1 Å². The molecule has 0 aromatic heterocycles. The van der Waals surface area contributed by atoms with Crippen LogP contribution in [-0.4, -0.2) is 163 Å². The van der Waals surface area contributed by atoms with E-state index in [1.54, 1.807) is 38.5 Å². The van der Waals surface area contributed by atoms with Gasteiger partial charge in [-0.25, -0.2) is 9.59 Å². The van der Waals surface area contributed by atoms with E-state index in [1.807, 2.05) is 107 Å². The zero-order chi connectivity index (χ0) is 52.6. The van der Waals surface area contributed by atoms with Gasteiger partial charge < -0.3 is 77.9 Å². The van der Waals surface area contributed by atoms with Crippen molar-refractivity contribution in [3.63, 3.8) is 0 Å². The molecule has 1 amide bonds. The summed E-state index contributed by atoms with van der Waals surface area (Å²) in [5.41, 5.74) is 1.37. The van der Waals surface area contributed by atoms with E-state index in [-0.39, 0.29) is 195 Å². The predicted molar refractivity (Wildman–Crippen MR) is 255 cm³/mol. The second kappa shape index (κ2) is 33.0. The first-order valence-electron chi connectivity index (χ1n) is 23.0. The van der Waals surface area contributed by atoms with Crippen molar-refractivity contribution >= 4 is 55.2 Å². The van der Waals surface area contributed by atoms with Crippen LogP contribution in [0, 0.1) is 0 Å². The normalized spacial score (nSPS) is 28.2. The molecule has 4 saturated heterocycles. The fourth-order valence-electron chi connectivity index (χ4n) is 7.67. The topological polar surface area (TPSA) is 248 Å². The summed E-state index contributed by atoms with van der Waals surface area (Å²) in [6, 6.07) is 14.4. The van der Waals surface area contributed by atoms with Gasteiger partial charge in [-0.1, -0.05) is 24.3 Å². The summed E-state index contributed by atoms with van der Waals surface area (Å²) in [4.78, 5) is 37.5. The van der Waals surface area contributed by atoms with E-state index in [4.69, 9.17) is 71.3 Å². The average Bonchev–Trinajstić information content (AvgIpc) is 3.66. The summed E-state index contributed by atoms with van der Waals surface area (Å²) in [6.45, 7) is 24.4. The zero-order valence-corrected chi connectivity index (χ0v) is 57.8. The third kappa shape index (κ3) is 19.3.